The minimum atomic E-state index is -3.07. The quantitative estimate of drug-likeness (QED) is 0.0316. The molecular formula is C44H80N2O25. The summed E-state index contributed by atoms with van der Waals surface area (Å²) in [5.74, 6) is -17.9. The van der Waals surface area contributed by atoms with Crippen LogP contribution in [0.3, 0.4) is 0 Å². The molecular weight excluding hydrogens is 956 g/mol. The van der Waals surface area contributed by atoms with Gasteiger partial charge in [0.05, 0.1) is 88.3 Å². The molecule has 3 saturated heterocycles. The van der Waals surface area contributed by atoms with Crippen LogP contribution in [0.25, 0.3) is 0 Å². The number of ether oxygens (including phenoxy) is 6. The number of hydroxylamine groups is 2. The first-order valence-electron chi connectivity index (χ1n) is 24.3. The maximum Gasteiger partial charge on any atom is 0.364 e. The largest absolute Gasteiger partial charge is 0.477 e. The summed E-state index contributed by atoms with van der Waals surface area (Å²) in [6.45, 7) is 7.73. The molecule has 0 aromatic carbocycles. The van der Waals surface area contributed by atoms with E-state index in [0.717, 1.165) is 0 Å². The molecule has 3 rings (SSSR count). The zero-order chi connectivity index (χ0) is 54.8. The van der Waals surface area contributed by atoms with Gasteiger partial charge in [0.1, 0.15) is 42.7 Å². The predicted molar refractivity (Wildman–Crippen MR) is 238 cm³/mol. The van der Waals surface area contributed by atoms with Crippen molar-refractivity contribution in [2.24, 2.45) is 29.1 Å². The zero-order valence-corrected chi connectivity index (χ0v) is 41.3. The van der Waals surface area contributed by atoms with E-state index in [0.29, 0.717) is 0 Å². The highest BCUT2D eigenvalue weighted by Crippen LogP contribution is 2.49. The van der Waals surface area contributed by atoms with Crippen molar-refractivity contribution in [1.29, 1.82) is 0 Å². The Balaban J connectivity index is 2.39. The van der Waals surface area contributed by atoms with Crippen LogP contribution in [0.1, 0.15) is 82.9 Å². The Morgan fingerprint density at radius 3 is 1.46 bits per heavy atom. The number of hydrogen-bond acceptors (Lipinski definition) is 24. The standard InChI is InChI=1S/C44H80N2O25/c1-10-66-45-30-24(51)13-42(38(58)59,70-36(30)33(56)26(53)15-47)64-17-28(68-44(40(62)63)12-23(50)21(7)35(69-44)32(55)22(8)49)41(9,29(19(3)4)20(5)6)18-65-43(39(60)61)14-25(52)31(46-67-11-2)37(71-43)34(57)27(54)16-48/h19-37,45-57H,10-18H2,1-9H3,(H,58,59)(H,60,61)(H,62,63)/i8D. The van der Waals surface area contributed by atoms with Crippen molar-refractivity contribution in [3.63, 3.8) is 0 Å². The number of carboxylic acids is 3. The Hall–Kier alpha value is -2.43. The Labute approximate surface area is 412 Å². The lowest BCUT2D eigenvalue weighted by Crippen LogP contribution is -2.69. The lowest BCUT2D eigenvalue weighted by Gasteiger charge is -2.53. The van der Waals surface area contributed by atoms with E-state index in [9.17, 15) is 85.9 Å². The van der Waals surface area contributed by atoms with Gasteiger partial charge in [-0.25, -0.2) is 14.4 Å². The molecule has 0 amide bonds. The molecule has 27 heteroatoms. The molecule has 0 aromatic rings. The molecule has 0 saturated carbocycles. The van der Waals surface area contributed by atoms with Gasteiger partial charge in [-0.1, -0.05) is 41.5 Å². The lowest BCUT2D eigenvalue weighted by atomic mass is 9.63. The van der Waals surface area contributed by atoms with Crippen LogP contribution in [0.15, 0.2) is 0 Å². The van der Waals surface area contributed by atoms with Crippen LogP contribution in [0, 0.1) is 29.1 Å². The summed E-state index contributed by atoms with van der Waals surface area (Å²) >= 11 is 0. The number of hydrogen-bond donors (Lipinski definition) is 16. The van der Waals surface area contributed by atoms with Gasteiger partial charge in [-0.15, -0.1) is 0 Å². The van der Waals surface area contributed by atoms with Crippen molar-refractivity contribution in [2.45, 2.75) is 190 Å². The molecule has 20 unspecified atom stereocenters. The van der Waals surface area contributed by atoms with Crippen LogP contribution in [0.2, 0.25) is 0 Å². The van der Waals surface area contributed by atoms with Gasteiger partial charge in [0, 0.05) is 32.0 Å². The maximum atomic E-state index is 13.7. The van der Waals surface area contributed by atoms with Gasteiger partial charge in [-0.3, -0.25) is 0 Å². The molecule has 0 spiro atoms. The minimum Gasteiger partial charge on any atom is -0.477 e. The third-order valence-electron chi connectivity index (χ3n) is 13.7. The van der Waals surface area contributed by atoms with Crippen molar-refractivity contribution in [2.75, 3.05) is 39.6 Å². The first-order chi connectivity index (χ1) is 33.5. The van der Waals surface area contributed by atoms with E-state index in [1.54, 1.807) is 41.5 Å². The van der Waals surface area contributed by atoms with Gasteiger partial charge in [-0.05, 0) is 38.5 Å². The molecule has 71 heavy (non-hydrogen) atoms. The number of carbonyl (C=O) groups is 3. The third kappa shape index (κ3) is 14.1. The average molecular weight is 1040 g/mol. The maximum absolute atomic E-state index is 13.7. The summed E-state index contributed by atoms with van der Waals surface area (Å²) in [4.78, 5) is 51.1. The van der Waals surface area contributed by atoms with Crippen molar-refractivity contribution < 1.29 is 125 Å². The van der Waals surface area contributed by atoms with Crippen LogP contribution in [0.4, 0.5) is 0 Å². The van der Waals surface area contributed by atoms with Gasteiger partial charge in [0.15, 0.2) is 0 Å². The fraction of sp³-hybridized carbons (Fsp3) is 0.932. The number of aliphatic carboxylic acids is 3. The molecule has 20 atom stereocenters. The molecule has 0 radical (unpaired) electrons. The summed E-state index contributed by atoms with van der Waals surface area (Å²) in [6, 6.07) is -2.95. The molecule has 0 bridgehead atoms. The van der Waals surface area contributed by atoms with E-state index in [-0.39, 0.29) is 13.2 Å². The van der Waals surface area contributed by atoms with Gasteiger partial charge in [0.2, 0.25) is 0 Å². The van der Waals surface area contributed by atoms with Crippen LogP contribution < -0.4 is 11.0 Å². The third-order valence-corrected chi connectivity index (χ3v) is 13.7. The van der Waals surface area contributed by atoms with Crippen molar-refractivity contribution in [3.8, 4) is 0 Å². The molecule has 16 N–H and O–H groups in total. The molecule has 0 aromatic heterocycles. The molecule has 27 nitrogen and oxygen atoms in total. The van der Waals surface area contributed by atoms with Crippen molar-refractivity contribution >= 4 is 17.9 Å². The fourth-order valence-electron chi connectivity index (χ4n) is 10.1. The van der Waals surface area contributed by atoms with E-state index in [1.807, 2.05) is 0 Å². The normalized spacial score (nSPS) is 35.8. The zero-order valence-electron chi connectivity index (χ0n) is 42.3. The molecule has 0 aliphatic carbocycles. The topological polar surface area (TPSA) is 432 Å². The van der Waals surface area contributed by atoms with E-state index in [4.69, 9.17) is 39.5 Å². The smallest absolute Gasteiger partial charge is 0.364 e. The first-order valence-corrected chi connectivity index (χ1v) is 23.6. The average Bonchev–Trinajstić information content (AvgIpc) is 3.32. The molecule has 3 aliphatic rings. The molecule has 416 valence electrons. The lowest BCUT2D eigenvalue weighted by molar-refractivity contribution is -0.365. The fourth-order valence-corrected chi connectivity index (χ4v) is 10.1. The van der Waals surface area contributed by atoms with E-state index in [2.05, 4.69) is 11.0 Å². The van der Waals surface area contributed by atoms with Crippen LogP contribution >= 0.6 is 0 Å². The summed E-state index contributed by atoms with van der Waals surface area (Å²) in [7, 11) is 0. The van der Waals surface area contributed by atoms with E-state index in [1.165, 1.54) is 13.8 Å². The molecule has 3 aliphatic heterocycles. The second-order valence-electron chi connectivity index (χ2n) is 19.5. The summed E-state index contributed by atoms with van der Waals surface area (Å²) in [6.07, 6.45) is -27.8. The summed E-state index contributed by atoms with van der Waals surface area (Å²) < 4.78 is 44.5. The summed E-state index contributed by atoms with van der Waals surface area (Å²) in [5, 5.41) is 152. The summed E-state index contributed by atoms with van der Waals surface area (Å²) in [5.41, 5.74) is 2.95. The molecule has 3 fully saturated rings. The van der Waals surface area contributed by atoms with E-state index >= 15 is 0 Å². The highest BCUT2D eigenvalue weighted by Gasteiger charge is 2.62. The number of rotatable bonds is 29. The Morgan fingerprint density at radius 1 is 0.676 bits per heavy atom. The second-order valence-corrected chi connectivity index (χ2v) is 19.5. The van der Waals surface area contributed by atoms with Gasteiger partial charge >= 0.3 is 17.9 Å². The Kier molecular flexibility index (Phi) is 22.7. The van der Waals surface area contributed by atoms with Crippen molar-refractivity contribution in [3.05, 3.63) is 0 Å². The van der Waals surface area contributed by atoms with Gasteiger partial charge in [-0.2, -0.15) is 11.0 Å². The Bertz CT molecular complexity index is 1700. The molecule has 3 heterocycles. The predicted octanol–water partition coefficient (Wildman–Crippen LogP) is -4.24. The van der Waals surface area contributed by atoms with Crippen LogP contribution in [-0.2, 0) is 52.5 Å². The first kappa shape index (κ1) is 61.1. The monoisotopic (exact) mass is 1040 g/mol. The van der Waals surface area contributed by atoms with Gasteiger partial charge < -0.3 is 110 Å². The number of nitrogens with one attached hydrogen (secondary N) is 2. The van der Waals surface area contributed by atoms with Gasteiger partial charge in [0.25, 0.3) is 17.4 Å². The minimum absolute atomic E-state index is 0.00542. The highest BCUT2D eigenvalue weighted by atomic mass is 16.8. The second kappa shape index (κ2) is 26.4. The Morgan fingerprint density at radius 2 is 1.08 bits per heavy atom. The number of aliphatic hydroxyl groups is 11. The van der Waals surface area contributed by atoms with Crippen molar-refractivity contribution in [1.82, 2.24) is 11.0 Å². The number of aliphatic hydroxyl groups excluding tert-OH is 11. The highest BCUT2D eigenvalue weighted by molar-refractivity contribution is 5.77. The van der Waals surface area contributed by atoms with Crippen LogP contribution in [-0.4, -0.2) is 238 Å². The van der Waals surface area contributed by atoms with E-state index < -0.39 is 208 Å². The van der Waals surface area contributed by atoms with Crippen LogP contribution in [0.5, 0.6) is 0 Å². The number of carboxylic acid groups (broad SMARTS) is 3. The SMILES string of the molecule is [2H]CC(O)C(O)C1OC(OC(COC2(C(=O)O)CC(O)C(NOCC)C(C(O)C(O)CO)O2)C(C)(COC2(C(=O)O)CC(O)C(NOCC)C(C(O)C(O)CO)O2)C(C(C)C)C(C)C)(C(=O)O)CC(O)C1C.